The van der Waals surface area contributed by atoms with E-state index >= 15 is 0 Å². The SMILES string of the molecule is CCCC1C(C)CCCCN1O. The minimum Gasteiger partial charge on any atom is -0.314 e. The first-order valence-corrected chi connectivity index (χ1v) is 5.21. The zero-order chi connectivity index (χ0) is 8.97. The van der Waals surface area contributed by atoms with Gasteiger partial charge in [0, 0.05) is 12.6 Å². The van der Waals surface area contributed by atoms with Crippen molar-refractivity contribution in [2.75, 3.05) is 6.54 Å². The first kappa shape index (κ1) is 10.0. The van der Waals surface area contributed by atoms with Crippen molar-refractivity contribution in [3.8, 4) is 0 Å². The van der Waals surface area contributed by atoms with Crippen LogP contribution in [-0.4, -0.2) is 22.9 Å². The van der Waals surface area contributed by atoms with Gasteiger partial charge in [-0.25, -0.2) is 0 Å². The molecule has 0 amide bonds. The number of hydrogen-bond acceptors (Lipinski definition) is 2. The molecule has 0 saturated carbocycles. The third kappa shape index (κ3) is 2.46. The Morgan fingerprint density at radius 2 is 2.17 bits per heavy atom. The van der Waals surface area contributed by atoms with Gasteiger partial charge in [0.1, 0.15) is 0 Å². The first-order valence-electron chi connectivity index (χ1n) is 5.21. The van der Waals surface area contributed by atoms with Gasteiger partial charge in [0.25, 0.3) is 0 Å². The van der Waals surface area contributed by atoms with Gasteiger partial charge in [0.2, 0.25) is 0 Å². The zero-order valence-corrected chi connectivity index (χ0v) is 8.29. The molecule has 2 heteroatoms. The fourth-order valence-corrected chi connectivity index (χ4v) is 2.12. The Balaban J connectivity index is 2.49. The lowest BCUT2D eigenvalue weighted by molar-refractivity contribution is -0.137. The second-order valence-electron chi connectivity index (χ2n) is 3.99. The van der Waals surface area contributed by atoms with Crippen molar-refractivity contribution >= 4 is 0 Å². The van der Waals surface area contributed by atoms with Crippen LogP contribution in [0.4, 0.5) is 0 Å². The van der Waals surface area contributed by atoms with Crippen molar-refractivity contribution in [1.29, 1.82) is 0 Å². The molecule has 1 heterocycles. The number of rotatable bonds is 2. The number of hydrogen-bond donors (Lipinski definition) is 1. The Morgan fingerprint density at radius 3 is 2.83 bits per heavy atom. The Kier molecular flexibility index (Phi) is 4.02. The molecule has 12 heavy (non-hydrogen) atoms. The lowest BCUT2D eigenvalue weighted by Crippen LogP contribution is -2.36. The van der Waals surface area contributed by atoms with Crippen LogP contribution in [0.3, 0.4) is 0 Å². The van der Waals surface area contributed by atoms with Crippen LogP contribution in [-0.2, 0) is 0 Å². The summed E-state index contributed by atoms with van der Waals surface area (Å²) in [5.41, 5.74) is 0. The van der Waals surface area contributed by atoms with E-state index in [4.69, 9.17) is 0 Å². The van der Waals surface area contributed by atoms with Crippen LogP contribution >= 0.6 is 0 Å². The number of hydroxylamine groups is 2. The van der Waals surface area contributed by atoms with Crippen molar-refractivity contribution in [2.24, 2.45) is 5.92 Å². The van der Waals surface area contributed by atoms with Gasteiger partial charge >= 0.3 is 0 Å². The van der Waals surface area contributed by atoms with Gasteiger partial charge in [0.15, 0.2) is 0 Å². The van der Waals surface area contributed by atoms with E-state index in [2.05, 4.69) is 13.8 Å². The van der Waals surface area contributed by atoms with Gasteiger partial charge in [-0.15, -0.1) is 0 Å². The summed E-state index contributed by atoms with van der Waals surface area (Å²) in [5.74, 6) is 0.664. The van der Waals surface area contributed by atoms with E-state index in [1.165, 1.54) is 19.3 Å². The van der Waals surface area contributed by atoms with Crippen LogP contribution < -0.4 is 0 Å². The Labute approximate surface area is 75.5 Å². The fraction of sp³-hybridized carbons (Fsp3) is 1.00. The highest BCUT2D eigenvalue weighted by Crippen LogP contribution is 2.24. The van der Waals surface area contributed by atoms with Gasteiger partial charge in [0.05, 0.1) is 0 Å². The molecule has 0 aromatic heterocycles. The topological polar surface area (TPSA) is 23.5 Å². The molecule has 0 aliphatic carbocycles. The first-order chi connectivity index (χ1) is 5.75. The molecule has 0 bridgehead atoms. The molecule has 0 spiro atoms. The largest absolute Gasteiger partial charge is 0.314 e. The van der Waals surface area contributed by atoms with Crippen LogP contribution in [0.5, 0.6) is 0 Å². The molecular weight excluding hydrogens is 150 g/mol. The normalized spacial score (nSPS) is 33.2. The summed E-state index contributed by atoms with van der Waals surface area (Å²) in [6.45, 7) is 5.31. The molecule has 1 fully saturated rings. The van der Waals surface area contributed by atoms with Crippen molar-refractivity contribution in [2.45, 2.75) is 52.0 Å². The average Bonchev–Trinajstić information content (AvgIpc) is 2.19. The van der Waals surface area contributed by atoms with E-state index in [0.717, 1.165) is 19.4 Å². The van der Waals surface area contributed by atoms with Gasteiger partial charge < -0.3 is 5.21 Å². The van der Waals surface area contributed by atoms with Crippen LogP contribution in [0.2, 0.25) is 0 Å². The van der Waals surface area contributed by atoms with Gasteiger partial charge in [-0.3, -0.25) is 0 Å². The van der Waals surface area contributed by atoms with Gasteiger partial charge in [-0.05, 0) is 25.2 Å². The molecule has 2 nitrogen and oxygen atoms in total. The molecule has 2 unspecified atom stereocenters. The van der Waals surface area contributed by atoms with E-state index in [1.807, 2.05) is 0 Å². The van der Waals surface area contributed by atoms with E-state index in [1.54, 1.807) is 5.06 Å². The van der Waals surface area contributed by atoms with E-state index in [0.29, 0.717) is 12.0 Å². The summed E-state index contributed by atoms with van der Waals surface area (Å²) in [4.78, 5) is 0. The zero-order valence-electron chi connectivity index (χ0n) is 8.29. The Hall–Kier alpha value is -0.0800. The molecular formula is C10H21NO. The van der Waals surface area contributed by atoms with E-state index in [9.17, 15) is 5.21 Å². The molecule has 0 aromatic rings. The molecule has 2 atom stereocenters. The molecule has 1 rings (SSSR count). The summed E-state index contributed by atoms with van der Waals surface area (Å²) in [6, 6.07) is 0.414. The highest BCUT2D eigenvalue weighted by molar-refractivity contribution is 4.75. The van der Waals surface area contributed by atoms with Crippen LogP contribution in [0, 0.1) is 5.92 Å². The molecule has 1 aliphatic rings. The summed E-state index contributed by atoms with van der Waals surface area (Å²) in [6.07, 6.45) is 6.02. The maximum absolute atomic E-state index is 9.68. The minimum atomic E-state index is 0.414. The van der Waals surface area contributed by atoms with Crippen LogP contribution in [0.25, 0.3) is 0 Å². The fourth-order valence-electron chi connectivity index (χ4n) is 2.12. The lowest BCUT2D eigenvalue weighted by atomic mass is 9.94. The average molecular weight is 171 g/mol. The smallest absolute Gasteiger partial charge is 0.0375 e. The predicted molar refractivity (Wildman–Crippen MR) is 50.2 cm³/mol. The second kappa shape index (κ2) is 4.83. The summed E-state index contributed by atoms with van der Waals surface area (Å²) < 4.78 is 0. The van der Waals surface area contributed by atoms with Crippen LogP contribution in [0.15, 0.2) is 0 Å². The second-order valence-corrected chi connectivity index (χ2v) is 3.99. The van der Waals surface area contributed by atoms with Gasteiger partial charge in [-0.1, -0.05) is 26.7 Å². The lowest BCUT2D eigenvalue weighted by Gasteiger charge is -2.27. The maximum Gasteiger partial charge on any atom is 0.0375 e. The monoisotopic (exact) mass is 171 g/mol. The van der Waals surface area contributed by atoms with Crippen molar-refractivity contribution < 1.29 is 5.21 Å². The van der Waals surface area contributed by atoms with E-state index < -0.39 is 0 Å². The molecule has 1 aliphatic heterocycles. The van der Waals surface area contributed by atoms with Crippen molar-refractivity contribution in [3.05, 3.63) is 0 Å². The molecule has 1 N–H and O–H groups in total. The minimum absolute atomic E-state index is 0.414. The highest BCUT2D eigenvalue weighted by atomic mass is 16.5. The Morgan fingerprint density at radius 1 is 1.42 bits per heavy atom. The van der Waals surface area contributed by atoms with E-state index in [-0.39, 0.29) is 0 Å². The standard InChI is InChI=1S/C10H21NO/c1-3-6-10-9(2)7-4-5-8-11(10)12/h9-10,12H,3-8H2,1-2H3. The third-order valence-electron chi connectivity index (χ3n) is 2.92. The molecule has 72 valence electrons. The number of nitrogens with zero attached hydrogens (tertiary/aromatic N) is 1. The summed E-state index contributed by atoms with van der Waals surface area (Å²) >= 11 is 0. The van der Waals surface area contributed by atoms with Crippen molar-refractivity contribution in [3.63, 3.8) is 0 Å². The summed E-state index contributed by atoms with van der Waals surface area (Å²) in [7, 11) is 0. The highest BCUT2D eigenvalue weighted by Gasteiger charge is 2.24. The quantitative estimate of drug-likeness (QED) is 0.690. The molecule has 0 radical (unpaired) electrons. The predicted octanol–water partition coefficient (Wildman–Crippen LogP) is 2.67. The van der Waals surface area contributed by atoms with Crippen LogP contribution in [0.1, 0.15) is 46.0 Å². The molecule has 1 saturated heterocycles. The van der Waals surface area contributed by atoms with Gasteiger partial charge in [-0.2, -0.15) is 5.06 Å². The third-order valence-corrected chi connectivity index (χ3v) is 2.92. The summed E-state index contributed by atoms with van der Waals surface area (Å²) in [5, 5.41) is 11.3. The Bertz CT molecular complexity index is 115. The van der Waals surface area contributed by atoms with Crippen molar-refractivity contribution in [1.82, 2.24) is 5.06 Å². The molecule has 0 aromatic carbocycles. The maximum atomic E-state index is 9.68.